The topological polar surface area (TPSA) is 68.1 Å². The molecule has 17 heavy (non-hydrogen) atoms. The number of aromatic amines is 1. The van der Waals surface area contributed by atoms with Crippen molar-refractivity contribution in [1.29, 1.82) is 0 Å². The Bertz CT molecular complexity index is 582. The standard InChI is InChI=1S/C11H10BrFN2O2/c1-17-11(16)10(14)5-4-15-7-3-2-6(12)9(13)8(5)7/h2-4,10,15H,14H2,1H3. The van der Waals surface area contributed by atoms with E-state index in [1.165, 1.54) is 13.3 Å². The highest BCUT2D eigenvalue weighted by molar-refractivity contribution is 9.10. The van der Waals surface area contributed by atoms with Gasteiger partial charge in [0.1, 0.15) is 11.9 Å². The summed E-state index contributed by atoms with van der Waals surface area (Å²) >= 11 is 3.09. The first-order valence-electron chi connectivity index (χ1n) is 4.84. The minimum absolute atomic E-state index is 0.303. The van der Waals surface area contributed by atoms with Crippen molar-refractivity contribution in [3.8, 4) is 0 Å². The van der Waals surface area contributed by atoms with Crippen LogP contribution < -0.4 is 5.73 Å². The minimum atomic E-state index is -1.00. The van der Waals surface area contributed by atoms with Crippen LogP contribution in [0, 0.1) is 5.82 Å². The molecular weight excluding hydrogens is 291 g/mol. The summed E-state index contributed by atoms with van der Waals surface area (Å²) in [5.74, 6) is -1.05. The van der Waals surface area contributed by atoms with Gasteiger partial charge in [0.05, 0.1) is 11.6 Å². The quantitative estimate of drug-likeness (QED) is 0.836. The Hall–Kier alpha value is -1.40. The molecule has 1 atom stereocenters. The monoisotopic (exact) mass is 300 g/mol. The first-order valence-corrected chi connectivity index (χ1v) is 5.64. The van der Waals surface area contributed by atoms with E-state index in [1.54, 1.807) is 12.1 Å². The molecule has 90 valence electrons. The highest BCUT2D eigenvalue weighted by Gasteiger charge is 2.22. The maximum absolute atomic E-state index is 13.9. The van der Waals surface area contributed by atoms with Gasteiger partial charge in [-0.3, -0.25) is 4.79 Å². The fourth-order valence-electron chi connectivity index (χ4n) is 1.68. The predicted octanol–water partition coefficient (Wildman–Crippen LogP) is 2.24. The molecule has 0 saturated heterocycles. The third-order valence-electron chi connectivity index (χ3n) is 2.56. The van der Waals surface area contributed by atoms with Crippen molar-refractivity contribution in [3.63, 3.8) is 0 Å². The van der Waals surface area contributed by atoms with Crippen molar-refractivity contribution in [3.05, 3.63) is 34.2 Å². The lowest BCUT2D eigenvalue weighted by atomic mass is 10.1. The Labute approximate surface area is 105 Å². The van der Waals surface area contributed by atoms with Gasteiger partial charge in [-0.15, -0.1) is 0 Å². The van der Waals surface area contributed by atoms with Crippen LogP contribution in [0.4, 0.5) is 4.39 Å². The lowest BCUT2D eigenvalue weighted by Gasteiger charge is -2.08. The Balaban J connectivity index is 2.63. The second-order valence-corrected chi connectivity index (χ2v) is 4.38. The number of methoxy groups -OCH3 is 1. The number of halogens is 2. The SMILES string of the molecule is COC(=O)C(N)c1c[nH]c2ccc(Br)c(F)c12. The molecule has 0 radical (unpaired) electrons. The zero-order valence-electron chi connectivity index (χ0n) is 8.96. The van der Waals surface area contributed by atoms with E-state index in [4.69, 9.17) is 5.73 Å². The highest BCUT2D eigenvalue weighted by Crippen LogP contribution is 2.30. The molecule has 3 N–H and O–H groups in total. The fraction of sp³-hybridized carbons (Fsp3) is 0.182. The van der Waals surface area contributed by atoms with Crippen LogP contribution in [0.15, 0.2) is 22.8 Å². The van der Waals surface area contributed by atoms with E-state index >= 15 is 0 Å². The van der Waals surface area contributed by atoms with Crippen LogP contribution in [-0.4, -0.2) is 18.1 Å². The summed E-state index contributed by atoms with van der Waals surface area (Å²) in [5.41, 5.74) is 6.67. The molecule has 0 fully saturated rings. The largest absolute Gasteiger partial charge is 0.468 e. The number of carbonyl (C=O) groups is 1. The van der Waals surface area contributed by atoms with Crippen LogP contribution in [-0.2, 0) is 9.53 Å². The third kappa shape index (κ3) is 1.94. The third-order valence-corrected chi connectivity index (χ3v) is 3.17. The summed E-state index contributed by atoms with van der Waals surface area (Å²) < 4.78 is 18.8. The van der Waals surface area contributed by atoms with Crippen molar-refractivity contribution in [2.75, 3.05) is 7.11 Å². The smallest absolute Gasteiger partial charge is 0.327 e. The second-order valence-electron chi connectivity index (χ2n) is 3.53. The summed E-state index contributed by atoms with van der Waals surface area (Å²) in [6, 6.07) is 2.29. The molecule has 1 heterocycles. The highest BCUT2D eigenvalue weighted by atomic mass is 79.9. The van der Waals surface area contributed by atoms with Gasteiger partial charge in [0, 0.05) is 22.7 Å². The molecule has 0 aliphatic heterocycles. The first-order chi connectivity index (χ1) is 8.06. The molecule has 2 rings (SSSR count). The van der Waals surface area contributed by atoms with Crippen molar-refractivity contribution in [2.24, 2.45) is 5.73 Å². The van der Waals surface area contributed by atoms with Crippen molar-refractivity contribution >= 4 is 32.8 Å². The summed E-state index contributed by atoms with van der Waals surface area (Å²) in [5, 5.41) is 0.303. The first kappa shape index (κ1) is 12.1. The van der Waals surface area contributed by atoms with Gasteiger partial charge in [0.15, 0.2) is 0 Å². The van der Waals surface area contributed by atoms with Gasteiger partial charge < -0.3 is 15.5 Å². The molecule has 0 aliphatic carbocycles. The normalized spacial score (nSPS) is 12.7. The van der Waals surface area contributed by atoms with Gasteiger partial charge in [-0.1, -0.05) is 0 Å². The van der Waals surface area contributed by atoms with E-state index in [0.29, 0.717) is 20.9 Å². The number of esters is 1. The zero-order chi connectivity index (χ0) is 12.6. The van der Waals surface area contributed by atoms with Gasteiger partial charge in [-0.05, 0) is 28.1 Å². The van der Waals surface area contributed by atoms with Crippen LogP contribution >= 0.6 is 15.9 Å². The summed E-state index contributed by atoms with van der Waals surface area (Å²) in [7, 11) is 1.24. The molecule has 2 aromatic rings. The average Bonchev–Trinajstić information content (AvgIpc) is 2.76. The van der Waals surface area contributed by atoms with Crippen LogP contribution in [0.2, 0.25) is 0 Å². The van der Waals surface area contributed by atoms with E-state index < -0.39 is 17.8 Å². The van der Waals surface area contributed by atoms with Gasteiger partial charge in [0.25, 0.3) is 0 Å². The molecule has 0 aliphatic rings. The van der Waals surface area contributed by atoms with Crippen LogP contribution in [0.25, 0.3) is 10.9 Å². The minimum Gasteiger partial charge on any atom is -0.468 e. The second kappa shape index (κ2) is 4.46. The molecule has 1 unspecified atom stereocenters. The zero-order valence-corrected chi connectivity index (χ0v) is 10.5. The van der Waals surface area contributed by atoms with E-state index in [-0.39, 0.29) is 0 Å². The maximum atomic E-state index is 13.9. The van der Waals surface area contributed by atoms with Crippen molar-refractivity contribution in [1.82, 2.24) is 4.98 Å². The number of H-pyrrole nitrogens is 1. The van der Waals surface area contributed by atoms with Gasteiger partial charge in [-0.2, -0.15) is 0 Å². The number of fused-ring (bicyclic) bond motifs is 1. The van der Waals surface area contributed by atoms with Gasteiger partial charge >= 0.3 is 5.97 Å². The van der Waals surface area contributed by atoms with Crippen LogP contribution in [0.1, 0.15) is 11.6 Å². The Kier molecular flexibility index (Phi) is 3.17. The van der Waals surface area contributed by atoms with Crippen molar-refractivity contribution in [2.45, 2.75) is 6.04 Å². The van der Waals surface area contributed by atoms with Crippen LogP contribution in [0.5, 0.6) is 0 Å². The Morgan fingerprint density at radius 3 is 2.94 bits per heavy atom. The lowest BCUT2D eigenvalue weighted by molar-refractivity contribution is -0.142. The Morgan fingerprint density at radius 1 is 1.59 bits per heavy atom. The lowest BCUT2D eigenvalue weighted by Crippen LogP contribution is -2.22. The molecule has 0 bridgehead atoms. The fourth-order valence-corrected chi connectivity index (χ4v) is 2.01. The molecule has 1 aromatic carbocycles. The van der Waals surface area contributed by atoms with E-state index in [2.05, 4.69) is 25.7 Å². The number of rotatable bonds is 2. The number of benzene rings is 1. The average molecular weight is 301 g/mol. The summed E-state index contributed by atoms with van der Waals surface area (Å²) in [6.07, 6.45) is 1.52. The summed E-state index contributed by atoms with van der Waals surface area (Å²) in [4.78, 5) is 14.2. The number of nitrogens with two attached hydrogens (primary N) is 1. The molecule has 0 saturated carbocycles. The molecule has 0 amide bonds. The van der Waals surface area contributed by atoms with E-state index in [9.17, 15) is 9.18 Å². The number of carbonyl (C=O) groups excluding carboxylic acids is 1. The van der Waals surface area contributed by atoms with E-state index in [1.807, 2.05) is 0 Å². The number of aromatic nitrogens is 1. The number of hydrogen-bond donors (Lipinski definition) is 2. The number of hydrogen-bond acceptors (Lipinski definition) is 3. The van der Waals surface area contributed by atoms with Crippen LogP contribution in [0.3, 0.4) is 0 Å². The number of ether oxygens (including phenoxy) is 1. The summed E-state index contributed by atoms with van der Waals surface area (Å²) in [6.45, 7) is 0. The Morgan fingerprint density at radius 2 is 2.29 bits per heavy atom. The van der Waals surface area contributed by atoms with Crippen molar-refractivity contribution < 1.29 is 13.9 Å². The maximum Gasteiger partial charge on any atom is 0.327 e. The molecular formula is C11H10BrFN2O2. The molecule has 1 aromatic heterocycles. The van der Waals surface area contributed by atoms with Gasteiger partial charge in [-0.25, -0.2) is 4.39 Å². The number of nitrogens with one attached hydrogen (secondary N) is 1. The predicted molar refractivity (Wildman–Crippen MR) is 64.9 cm³/mol. The molecule has 6 heteroatoms. The van der Waals surface area contributed by atoms with Gasteiger partial charge in [0.2, 0.25) is 0 Å². The molecule has 0 spiro atoms. The van der Waals surface area contributed by atoms with E-state index in [0.717, 1.165) is 0 Å². The molecule has 4 nitrogen and oxygen atoms in total.